The van der Waals surface area contributed by atoms with Crippen LogP contribution in [0.1, 0.15) is 35.3 Å². The Bertz CT molecular complexity index is 883. The van der Waals surface area contributed by atoms with E-state index in [0.29, 0.717) is 0 Å². The number of hydrogen-bond donors (Lipinski definition) is 1. The second-order valence-electron chi connectivity index (χ2n) is 6.56. The van der Waals surface area contributed by atoms with Crippen LogP contribution in [0.2, 0.25) is 0 Å². The first kappa shape index (κ1) is 13.1. The van der Waals surface area contributed by atoms with Crippen molar-refractivity contribution in [1.82, 2.24) is 9.55 Å². The van der Waals surface area contributed by atoms with Crippen LogP contribution in [-0.4, -0.2) is 14.7 Å². The number of aromatic nitrogens is 2. The zero-order valence-electron chi connectivity index (χ0n) is 12.8. The molecule has 5 rings (SSSR count). The molecular weight excluding hydrogens is 284 g/mol. The van der Waals surface area contributed by atoms with Crippen molar-refractivity contribution in [1.29, 1.82) is 0 Å². The van der Waals surface area contributed by atoms with Gasteiger partial charge in [0.1, 0.15) is 0 Å². The van der Waals surface area contributed by atoms with Crippen molar-refractivity contribution in [2.24, 2.45) is 5.92 Å². The summed E-state index contributed by atoms with van der Waals surface area (Å²) >= 11 is 0. The predicted molar refractivity (Wildman–Crippen MR) is 89.0 cm³/mol. The maximum Gasteiger partial charge on any atom is 0.0956 e. The first-order valence-electron chi connectivity index (χ1n) is 8.21. The average molecular weight is 302 g/mol. The fourth-order valence-electron chi connectivity index (χ4n) is 4.40. The SMILES string of the molecule is O[C@@H]1c2ccccc2CC[C@H]1[C@H]1c2ccccc2-c2cncn21. The van der Waals surface area contributed by atoms with Gasteiger partial charge in [-0.05, 0) is 29.5 Å². The number of rotatable bonds is 1. The Morgan fingerprint density at radius 1 is 1.00 bits per heavy atom. The molecule has 1 aromatic heterocycles. The zero-order valence-corrected chi connectivity index (χ0v) is 12.8. The minimum atomic E-state index is -0.425. The number of nitrogens with zero attached hydrogens (tertiary/aromatic N) is 2. The van der Waals surface area contributed by atoms with E-state index in [1.54, 1.807) is 0 Å². The molecule has 1 N–H and O–H groups in total. The molecule has 0 bridgehead atoms. The van der Waals surface area contributed by atoms with Gasteiger partial charge in [-0.15, -0.1) is 0 Å². The lowest BCUT2D eigenvalue weighted by Gasteiger charge is -2.35. The number of aliphatic hydroxyl groups is 1. The van der Waals surface area contributed by atoms with Gasteiger partial charge in [0.25, 0.3) is 0 Å². The van der Waals surface area contributed by atoms with Gasteiger partial charge in [0, 0.05) is 11.5 Å². The lowest BCUT2D eigenvalue weighted by Crippen LogP contribution is -2.28. The minimum Gasteiger partial charge on any atom is -0.388 e. The highest BCUT2D eigenvalue weighted by molar-refractivity contribution is 5.69. The molecule has 2 aromatic carbocycles. The molecule has 0 radical (unpaired) electrons. The van der Waals surface area contributed by atoms with Crippen molar-refractivity contribution in [3.63, 3.8) is 0 Å². The van der Waals surface area contributed by atoms with E-state index in [4.69, 9.17) is 0 Å². The summed E-state index contributed by atoms with van der Waals surface area (Å²) in [5, 5.41) is 11.0. The Labute approximate surface area is 135 Å². The minimum absolute atomic E-state index is 0.173. The molecule has 0 amide bonds. The van der Waals surface area contributed by atoms with E-state index in [1.807, 2.05) is 18.6 Å². The van der Waals surface area contributed by atoms with Crippen LogP contribution in [0, 0.1) is 5.92 Å². The van der Waals surface area contributed by atoms with Crippen LogP contribution >= 0.6 is 0 Å². The van der Waals surface area contributed by atoms with Crippen LogP contribution in [-0.2, 0) is 6.42 Å². The van der Waals surface area contributed by atoms with Crippen molar-refractivity contribution < 1.29 is 5.11 Å². The molecule has 3 heteroatoms. The van der Waals surface area contributed by atoms with Gasteiger partial charge in [0.2, 0.25) is 0 Å². The maximum atomic E-state index is 11.0. The van der Waals surface area contributed by atoms with Crippen LogP contribution in [0.3, 0.4) is 0 Å². The summed E-state index contributed by atoms with van der Waals surface area (Å²) in [6.07, 6.45) is 5.44. The number of hydrogen-bond acceptors (Lipinski definition) is 2. The Hall–Kier alpha value is -2.39. The van der Waals surface area contributed by atoms with E-state index >= 15 is 0 Å². The lowest BCUT2D eigenvalue weighted by atomic mass is 9.76. The quantitative estimate of drug-likeness (QED) is 0.743. The largest absolute Gasteiger partial charge is 0.388 e. The third-order valence-corrected chi connectivity index (χ3v) is 5.45. The molecule has 3 nitrogen and oxygen atoms in total. The predicted octanol–water partition coefficient (Wildman–Crippen LogP) is 3.75. The van der Waals surface area contributed by atoms with E-state index in [1.165, 1.54) is 16.7 Å². The van der Waals surface area contributed by atoms with Gasteiger partial charge in [-0.1, -0.05) is 48.5 Å². The van der Waals surface area contributed by atoms with Gasteiger partial charge in [-0.2, -0.15) is 0 Å². The number of imidazole rings is 1. The van der Waals surface area contributed by atoms with Gasteiger partial charge in [-0.25, -0.2) is 4.98 Å². The summed E-state index contributed by atoms with van der Waals surface area (Å²) in [5.41, 5.74) is 6.11. The molecule has 0 saturated carbocycles. The van der Waals surface area contributed by atoms with Crippen LogP contribution < -0.4 is 0 Å². The lowest BCUT2D eigenvalue weighted by molar-refractivity contribution is 0.0720. The third-order valence-electron chi connectivity index (χ3n) is 5.45. The van der Waals surface area contributed by atoms with Crippen molar-refractivity contribution in [3.05, 3.63) is 77.7 Å². The fourth-order valence-corrected chi connectivity index (χ4v) is 4.40. The first-order valence-corrected chi connectivity index (χ1v) is 8.21. The smallest absolute Gasteiger partial charge is 0.0956 e. The van der Waals surface area contributed by atoms with E-state index in [0.717, 1.165) is 24.1 Å². The summed E-state index contributed by atoms with van der Waals surface area (Å²) in [6, 6.07) is 17.0. The molecule has 1 aliphatic heterocycles. The number of aliphatic hydroxyl groups excluding tert-OH is 1. The van der Waals surface area contributed by atoms with Crippen LogP contribution in [0.4, 0.5) is 0 Å². The summed E-state index contributed by atoms with van der Waals surface area (Å²) in [4.78, 5) is 4.34. The normalized spacial score (nSPS) is 24.8. The van der Waals surface area contributed by atoms with Crippen LogP contribution in [0.25, 0.3) is 11.3 Å². The Morgan fingerprint density at radius 2 is 1.78 bits per heavy atom. The van der Waals surface area contributed by atoms with Crippen molar-refractivity contribution in [3.8, 4) is 11.3 Å². The zero-order chi connectivity index (χ0) is 15.4. The van der Waals surface area contributed by atoms with Crippen LogP contribution in [0.5, 0.6) is 0 Å². The number of aryl methyl sites for hydroxylation is 1. The molecular formula is C20H18N2O. The summed E-state index contributed by atoms with van der Waals surface area (Å²) in [7, 11) is 0. The second-order valence-corrected chi connectivity index (χ2v) is 6.56. The highest BCUT2D eigenvalue weighted by atomic mass is 16.3. The first-order chi connectivity index (χ1) is 11.3. The van der Waals surface area contributed by atoms with Gasteiger partial charge < -0.3 is 9.67 Å². The summed E-state index contributed by atoms with van der Waals surface area (Å²) in [5.74, 6) is 0.182. The monoisotopic (exact) mass is 302 g/mol. The highest BCUT2D eigenvalue weighted by Crippen LogP contribution is 2.49. The highest BCUT2D eigenvalue weighted by Gasteiger charge is 2.40. The van der Waals surface area contributed by atoms with Crippen molar-refractivity contribution in [2.45, 2.75) is 25.0 Å². The summed E-state index contributed by atoms with van der Waals surface area (Å²) < 4.78 is 2.24. The molecule has 1 aliphatic carbocycles. The molecule has 0 spiro atoms. The van der Waals surface area contributed by atoms with Crippen molar-refractivity contribution >= 4 is 0 Å². The maximum absolute atomic E-state index is 11.0. The third kappa shape index (κ3) is 1.77. The molecule has 0 saturated heterocycles. The molecule has 3 aromatic rings. The fraction of sp³-hybridized carbons (Fsp3) is 0.250. The van der Waals surface area contributed by atoms with Crippen molar-refractivity contribution in [2.75, 3.05) is 0 Å². The van der Waals surface area contributed by atoms with E-state index < -0.39 is 6.10 Å². The average Bonchev–Trinajstić information content (AvgIpc) is 3.17. The van der Waals surface area contributed by atoms with Gasteiger partial charge in [0.05, 0.1) is 30.4 Å². The molecule has 0 fully saturated rings. The van der Waals surface area contributed by atoms with E-state index in [2.05, 4.69) is 52.0 Å². The second kappa shape index (κ2) is 4.80. The van der Waals surface area contributed by atoms with Gasteiger partial charge >= 0.3 is 0 Å². The number of benzene rings is 2. The Balaban J connectivity index is 1.64. The van der Waals surface area contributed by atoms with E-state index in [9.17, 15) is 5.11 Å². The molecule has 3 atom stereocenters. The molecule has 2 aliphatic rings. The Kier molecular flexibility index (Phi) is 2.73. The molecule has 2 heterocycles. The summed E-state index contributed by atoms with van der Waals surface area (Å²) in [6.45, 7) is 0. The Morgan fingerprint density at radius 3 is 2.70 bits per heavy atom. The standard InChI is InChI=1S/C20H18N2O/c23-20-14-6-2-1-5-13(14)9-10-17(20)19-16-8-4-3-7-15(16)18-11-21-12-22(18)19/h1-8,11-12,17,19-20,23H,9-10H2/t17-,19+,20+/m0/s1. The molecule has 114 valence electrons. The molecule has 0 unspecified atom stereocenters. The number of fused-ring (bicyclic) bond motifs is 4. The molecule has 23 heavy (non-hydrogen) atoms. The van der Waals surface area contributed by atoms with Crippen LogP contribution in [0.15, 0.2) is 61.1 Å². The van der Waals surface area contributed by atoms with Gasteiger partial charge in [-0.3, -0.25) is 0 Å². The topological polar surface area (TPSA) is 38.1 Å². The van der Waals surface area contributed by atoms with E-state index in [-0.39, 0.29) is 12.0 Å². The van der Waals surface area contributed by atoms with Gasteiger partial charge in [0.15, 0.2) is 0 Å².